The molecule has 0 aromatic heterocycles. The monoisotopic (exact) mass is 638 g/mol. The number of fused-ring (bicyclic) bond motifs is 3. The lowest BCUT2D eigenvalue weighted by atomic mass is 9.85. The molecule has 0 spiro atoms. The molecule has 0 aliphatic rings. The summed E-state index contributed by atoms with van der Waals surface area (Å²) >= 11 is 0. The van der Waals surface area contributed by atoms with E-state index in [4.69, 9.17) is 0 Å². The largest absolute Gasteiger partial charge is 0.113 e. The maximum Gasteiger partial charge on any atom is 0.113 e. The van der Waals surface area contributed by atoms with Crippen molar-refractivity contribution >= 4 is 83.1 Å². The average Bonchev–Trinajstić information content (AvgIpc) is 3.15. The summed E-state index contributed by atoms with van der Waals surface area (Å²) in [5, 5.41) is 18.8. The molecule has 10 rings (SSSR count). The SMILES string of the molecule is C[Si](C)(c1cccc(-c2c3ccccc3c(-c3ccc4ccccc4c3)c3ccccc23)c1)c1ccc2ccc3cccc4ccc1c2c34. The lowest BCUT2D eigenvalue weighted by Gasteiger charge is -2.27. The second-order valence-corrected chi connectivity index (χ2v) is 18.4. The van der Waals surface area contributed by atoms with Crippen LogP contribution < -0.4 is 10.4 Å². The van der Waals surface area contributed by atoms with E-state index in [1.54, 1.807) is 0 Å². The third-order valence-corrected chi connectivity index (χ3v) is 14.6. The van der Waals surface area contributed by atoms with Gasteiger partial charge >= 0.3 is 0 Å². The Morgan fingerprint density at radius 3 is 1.49 bits per heavy atom. The summed E-state index contributed by atoms with van der Waals surface area (Å²) < 4.78 is 0. The Kier molecular flexibility index (Phi) is 6.13. The van der Waals surface area contributed by atoms with Gasteiger partial charge in [0.1, 0.15) is 8.07 Å². The highest BCUT2D eigenvalue weighted by molar-refractivity contribution is 7.01. The third-order valence-electron chi connectivity index (χ3n) is 11.0. The highest BCUT2D eigenvalue weighted by Crippen LogP contribution is 2.44. The van der Waals surface area contributed by atoms with Crippen LogP contribution in [0.4, 0.5) is 0 Å². The maximum atomic E-state index is 2.53. The lowest BCUT2D eigenvalue weighted by Crippen LogP contribution is -2.53. The molecule has 0 amide bonds. The second kappa shape index (κ2) is 10.6. The van der Waals surface area contributed by atoms with Crippen molar-refractivity contribution in [2.75, 3.05) is 0 Å². The lowest BCUT2D eigenvalue weighted by molar-refractivity contribution is 1.66. The summed E-state index contributed by atoms with van der Waals surface area (Å²) in [7, 11) is -2.14. The molecule has 0 fully saturated rings. The van der Waals surface area contributed by atoms with E-state index in [1.165, 1.54) is 97.3 Å². The minimum atomic E-state index is -2.14. The van der Waals surface area contributed by atoms with Crippen LogP contribution in [0.5, 0.6) is 0 Å². The minimum absolute atomic E-state index is 1.26. The zero-order valence-electron chi connectivity index (χ0n) is 27.7. The topological polar surface area (TPSA) is 0 Å². The van der Waals surface area contributed by atoms with Gasteiger partial charge < -0.3 is 0 Å². The first-order valence-corrected chi connectivity index (χ1v) is 20.3. The standard InChI is InChI=1S/C48H34Si/c1-49(2,44-28-26-34-23-22-32-13-9-14-33-25-27-43(44)48(34)45(32)33)38-16-10-15-36(30-38)46-39-17-5-7-19-41(39)47(42-20-8-6-18-40(42)46)37-24-21-31-11-3-4-12-35(31)29-37/h3-30H,1-2H3. The van der Waals surface area contributed by atoms with Gasteiger partial charge in [0.15, 0.2) is 0 Å². The van der Waals surface area contributed by atoms with Crippen LogP contribution in [0, 0.1) is 0 Å². The van der Waals surface area contributed by atoms with Crippen LogP contribution in [-0.2, 0) is 0 Å². The molecule has 0 radical (unpaired) electrons. The quantitative estimate of drug-likeness (QED) is 0.102. The first-order chi connectivity index (χ1) is 24.1. The Labute approximate surface area is 287 Å². The summed E-state index contributed by atoms with van der Waals surface area (Å²) in [5.74, 6) is 0. The second-order valence-electron chi connectivity index (χ2n) is 14.1. The number of hydrogen-bond acceptors (Lipinski definition) is 0. The maximum absolute atomic E-state index is 2.53. The van der Waals surface area contributed by atoms with Crippen molar-refractivity contribution in [2.24, 2.45) is 0 Å². The molecule has 0 saturated carbocycles. The molecule has 230 valence electrons. The van der Waals surface area contributed by atoms with Gasteiger partial charge in [-0.3, -0.25) is 0 Å². The molecular formula is C48H34Si. The van der Waals surface area contributed by atoms with Crippen LogP contribution in [0.15, 0.2) is 170 Å². The minimum Gasteiger partial charge on any atom is -0.0626 e. The molecular weight excluding hydrogens is 605 g/mol. The number of benzene rings is 10. The van der Waals surface area contributed by atoms with Crippen LogP contribution in [0.1, 0.15) is 0 Å². The van der Waals surface area contributed by atoms with Gasteiger partial charge in [-0.05, 0) is 98.1 Å². The van der Waals surface area contributed by atoms with E-state index in [0.717, 1.165) is 0 Å². The number of hydrogen-bond donors (Lipinski definition) is 0. The van der Waals surface area contributed by atoms with Crippen LogP contribution >= 0.6 is 0 Å². The molecule has 0 aliphatic heterocycles. The van der Waals surface area contributed by atoms with Crippen LogP contribution in [0.3, 0.4) is 0 Å². The molecule has 0 nitrogen and oxygen atoms in total. The molecule has 49 heavy (non-hydrogen) atoms. The smallest absolute Gasteiger partial charge is 0.0626 e. The zero-order valence-corrected chi connectivity index (χ0v) is 28.7. The summed E-state index contributed by atoms with van der Waals surface area (Å²) in [6.45, 7) is 5.05. The van der Waals surface area contributed by atoms with Gasteiger partial charge in [0.25, 0.3) is 0 Å². The van der Waals surface area contributed by atoms with E-state index in [0.29, 0.717) is 0 Å². The van der Waals surface area contributed by atoms with Gasteiger partial charge in [-0.1, -0.05) is 182 Å². The van der Waals surface area contributed by atoms with Crippen molar-refractivity contribution in [1.29, 1.82) is 0 Å². The first-order valence-electron chi connectivity index (χ1n) is 17.3. The van der Waals surface area contributed by atoms with E-state index >= 15 is 0 Å². The predicted molar refractivity (Wildman–Crippen MR) is 217 cm³/mol. The highest BCUT2D eigenvalue weighted by Gasteiger charge is 2.29. The fourth-order valence-electron chi connectivity index (χ4n) is 8.59. The van der Waals surface area contributed by atoms with E-state index < -0.39 is 8.07 Å². The van der Waals surface area contributed by atoms with Crippen molar-refractivity contribution in [2.45, 2.75) is 13.1 Å². The molecule has 0 bridgehead atoms. The molecule has 10 aromatic rings. The van der Waals surface area contributed by atoms with Crippen molar-refractivity contribution < 1.29 is 0 Å². The Morgan fingerprint density at radius 1 is 0.327 bits per heavy atom. The molecule has 10 aromatic carbocycles. The summed E-state index contributed by atoms with van der Waals surface area (Å²) in [4.78, 5) is 0. The third kappa shape index (κ3) is 4.22. The highest BCUT2D eigenvalue weighted by atomic mass is 28.3. The van der Waals surface area contributed by atoms with Crippen LogP contribution in [0.2, 0.25) is 13.1 Å². The van der Waals surface area contributed by atoms with E-state index in [2.05, 4.69) is 183 Å². The van der Waals surface area contributed by atoms with Gasteiger partial charge in [-0.15, -0.1) is 0 Å². The van der Waals surface area contributed by atoms with Crippen LogP contribution in [0.25, 0.3) is 86.9 Å². The van der Waals surface area contributed by atoms with Crippen molar-refractivity contribution in [1.82, 2.24) is 0 Å². The summed E-state index contributed by atoms with van der Waals surface area (Å²) in [6, 6.07) is 63.8. The Morgan fingerprint density at radius 2 is 0.816 bits per heavy atom. The van der Waals surface area contributed by atoms with Gasteiger partial charge in [0.2, 0.25) is 0 Å². The number of rotatable bonds is 4. The van der Waals surface area contributed by atoms with E-state index in [9.17, 15) is 0 Å². The summed E-state index contributed by atoms with van der Waals surface area (Å²) in [5.41, 5.74) is 5.17. The Hall–Kier alpha value is -5.76. The van der Waals surface area contributed by atoms with Crippen LogP contribution in [-0.4, -0.2) is 8.07 Å². The van der Waals surface area contributed by atoms with E-state index in [1.807, 2.05) is 0 Å². The molecule has 0 unspecified atom stereocenters. The van der Waals surface area contributed by atoms with Crippen molar-refractivity contribution in [3.63, 3.8) is 0 Å². The summed E-state index contributed by atoms with van der Waals surface area (Å²) in [6.07, 6.45) is 0. The van der Waals surface area contributed by atoms with Crippen molar-refractivity contribution in [3.05, 3.63) is 170 Å². The van der Waals surface area contributed by atoms with Crippen molar-refractivity contribution in [3.8, 4) is 22.3 Å². The van der Waals surface area contributed by atoms with Gasteiger partial charge in [-0.2, -0.15) is 0 Å². The van der Waals surface area contributed by atoms with Gasteiger partial charge in [-0.25, -0.2) is 0 Å². The van der Waals surface area contributed by atoms with Gasteiger partial charge in [0.05, 0.1) is 0 Å². The molecule has 0 aliphatic carbocycles. The fourth-order valence-corrected chi connectivity index (χ4v) is 11.3. The fraction of sp³-hybridized carbons (Fsp3) is 0.0417. The molecule has 1 heteroatoms. The normalized spacial score (nSPS) is 12.3. The molecule has 0 N–H and O–H groups in total. The first kappa shape index (κ1) is 28.3. The zero-order chi connectivity index (χ0) is 32.7. The molecule has 0 atom stereocenters. The molecule has 0 saturated heterocycles. The van der Waals surface area contributed by atoms with E-state index in [-0.39, 0.29) is 0 Å². The molecule has 0 heterocycles. The van der Waals surface area contributed by atoms with Gasteiger partial charge in [0, 0.05) is 0 Å². The Bertz CT molecular complexity index is 2840. The Balaban J connectivity index is 1.19. The predicted octanol–water partition coefficient (Wildman–Crippen LogP) is 12.2. The average molecular weight is 639 g/mol.